The first-order chi connectivity index (χ1) is 10.0. The summed E-state index contributed by atoms with van der Waals surface area (Å²) in [4.78, 5) is 37.1. The number of amides is 3. The summed E-state index contributed by atoms with van der Waals surface area (Å²) in [6, 6.07) is 7.41. The van der Waals surface area contributed by atoms with Gasteiger partial charge in [0, 0.05) is 12.1 Å². The molecule has 3 N–H and O–H groups in total. The van der Waals surface area contributed by atoms with Crippen molar-refractivity contribution in [1.29, 1.82) is 0 Å². The van der Waals surface area contributed by atoms with Crippen LogP contribution in [-0.2, 0) is 9.59 Å². The normalized spacial score (nSPS) is 19.1. The minimum Gasteiger partial charge on any atom is -0.368 e. The molecule has 1 aromatic rings. The van der Waals surface area contributed by atoms with E-state index in [4.69, 9.17) is 5.73 Å². The van der Waals surface area contributed by atoms with Gasteiger partial charge >= 0.3 is 0 Å². The number of hydrogen-bond acceptors (Lipinski definition) is 3. The molecule has 1 saturated heterocycles. The van der Waals surface area contributed by atoms with Gasteiger partial charge in [-0.2, -0.15) is 0 Å². The molecule has 1 fully saturated rings. The molecule has 1 unspecified atom stereocenters. The molecule has 6 heteroatoms. The summed E-state index contributed by atoms with van der Waals surface area (Å²) < 4.78 is 0. The Kier molecular flexibility index (Phi) is 4.57. The van der Waals surface area contributed by atoms with E-state index in [1.54, 1.807) is 31.2 Å². The lowest BCUT2D eigenvalue weighted by Gasteiger charge is -2.25. The van der Waals surface area contributed by atoms with Gasteiger partial charge < -0.3 is 16.0 Å². The van der Waals surface area contributed by atoms with Gasteiger partial charge in [-0.15, -0.1) is 0 Å². The van der Waals surface area contributed by atoms with Crippen LogP contribution in [0.3, 0.4) is 0 Å². The average Bonchev–Trinajstić information content (AvgIpc) is 2.96. The van der Waals surface area contributed by atoms with E-state index >= 15 is 0 Å². The molecule has 0 aliphatic carbocycles. The van der Waals surface area contributed by atoms with E-state index in [0.717, 1.165) is 6.42 Å². The number of likely N-dealkylation sites (tertiary alicyclic amines) is 1. The summed E-state index contributed by atoms with van der Waals surface area (Å²) in [7, 11) is 0. The van der Waals surface area contributed by atoms with Crippen molar-refractivity contribution in [2.45, 2.75) is 31.8 Å². The fourth-order valence-electron chi connectivity index (χ4n) is 2.51. The molecule has 0 radical (unpaired) electrons. The van der Waals surface area contributed by atoms with Crippen molar-refractivity contribution in [2.75, 3.05) is 6.54 Å². The standard InChI is InChI=1S/C15H19N3O3/c1-10(17-14(20)11-6-3-2-4-7-11)15(21)18-9-5-8-12(18)13(16)19/h2-4,6-7,10,12H,5,8-9H2,1H3,(H2,16,19)(H,17,20)/t10?,12-/m0/s1. The van der Waals surface area contributed by atoms with Gasteiger partial charge in [-0.1, -0.05) is 18.2 Å². The topological polar surface area (TPSA) is 92.5 Å². The minimum atomic E-state index is -0.697. The van der Waals surface area contributed by atoms with Crippen LogP contribution in [0.1, 0.15) is 30.1 Å². The highest BCUT2D eigenvalue weighted by atomic mass is 16.2. The Bertz CT molecular complexity index is 544. The number of rotatable bonds is 4. The van der Waals surface area contributed by atoms with Gasteiger partial charge in [-0.05, 0) is 31.9 Å². The molecule has 6 nitrogen and oxygen atoms in total. The summed E-state index contributed by atoms with van der Waals surface area (Å²) in [5.41, 5.74) is 5.79. The third kappa shape index (κ3) is 3.39. The third-order valence-corrected chi connectivity index (χ3v) is 3.62. The van der Waals surface area contributed by atoms with Crippen LogP contribution in [0.15, 0.2) is 30.3 Å². The SMILES string of the molecule is CC(NC(=O)c1ccccc1)C(=O)N1CCC[C@H]1C(N)=O. The largest absolute Gasteiger partial charge is 0.368 e. The van der Waals surface area contributed by atoms with E-state index in [0.29, 0.717) is 18.5 Å². The van der Waals surface area contributed by atoms with Gasteiger partial charge in [0.1, 0.15) is 12.1 Å². The summed E-state index contributed by atoms with van der Waals surface area (Å²) in [5, 5.41) is 2.65. The molecule has 112 valence electrons. The van der Waals surface area contributed by atoms with E-state index in [-0.39, 0.29) is 11.8 Å². The van der Waals surface area contributed by atoms with Crippen LogP contribution < -0.4 is 11.1 Å². The smallest absolute Gasteiger partial charge is 0.251 e. The summed E-state index contributed by atoms with van der Waals surface area (Å²) >= 11 is 0. The predicted molar refractivity (Wildman–Crippen MR) is 77.3 cm³/mol. The number of nitrogens with zero attached hydrogens (tertiary/aromatic N) is 1. The Morgan fingerprint density at radius 3 is 2.57 bits per heavy atom. The molecular formula is C15H19N3O3. The Morgan fingerprint density at radius 1 is 1.29 bits per heavy atom. The molecule has 21 heavy (non-hydrogen) atoms. The van der Waals surface area contributed by atoms with Gasteiger partial charge in [-0.3, -0.25) is 14.4 Å². The quantitative estimate of drug-likeness (QED) is 0.834. The van der Waals surface area contributed by atoms with Gasteiger partial charge in [0.05, 0.1) is 0 Å². The number of carbonyl (C=O) groups is 3. The van der Waals surface area contributed by atoms with Gasteiger partial charge in [0.15, 0.2) is 0 Å². The number of nitrogens with one attached hydrogen (secondary N) is 1. The second-order valence-corrected chi connectivity index (χ2v) is 5.15. The molecule has 0 saturated carbocycles. The third-order valence-electron chi connectivity index (χ3n) is 3.62. The lowest BCUT2D eigenvalue weighted by Crippen LogP contribution is -2.51. The fraction of sp³-hybridized carbons (Fsp3) is 0.400. The molecule has 1 aliphatic rings. The molecular weight excluding hydrogens is 270 g/mol. The Morgan fingerprint density at radius 2 is 1.95 bits per heavy atom. The number of nitrogens with two attached hydrogens (primary N) is 1. The maximum absolute atomic E-state index is 12.3. The van der Waals surface area contributed by atoms with E-state index in [1.165, 1.54) is 4.90 Å². The zero-order valence-corrected chi connectivity index (χ0v) is 11.9. The number of carbonyl (C=O) groups excluding carboxylic acids is 3. The van der Waals surface area contributed by atoms with Crippen molar-refractivity contribution in [3.63, 3.8) is 0 Å². The molecule has 0 spiro atoms. The average molecular weight is 289 g/mol. The van der Waals surface area contributed by atoms with Crippen LogP contribution in [0.25, 0.3) is 0 Å². The molecule has 2 atom stereocenters. The Labute approximate surface area is 123 Å². The highest BCUT2D eigenvalue weighted by molar-refractivity contribution is 5.98. The molecule has 1 heterocycles. The minimum absolute atomic E-state index is 0.277. The van der Waals surface area contributed by atoms with Crippen molar-refractivity contribution in [3.05, 3.63) is 35.9 Å². The van der Waals surface area contributed by atoms with Crippen LogP contribution in [-0.4, -0.2) is 41.2 Å². The summed E-state index contributed by atoms with van der Waals surface area (Å²) in [6.45, 7) is 2.11. The summed E-state index contributed by atoms with van der Waals surface area (Å²) in [6.07, 6.45) is 1.33. The lowest BCUT2D eigenvalue weighted by molar-refractivity contribution is -0.138. The molecule has 3 amide bonds. The van der Waals surface area contributed by atoms with Crippen LogP contribution in [0.5, 0.6) is 0 Å². The maximum atomic E-state index is 12.3. The van der Waals surface area contributed by atoms with Gasteiger partial charge in [0.2, 0.25) is 11.8 Å². The zero-order valence-electron chi connectivity index (χ0n) is 11.9. The van der Waals surface area contributed by atoms with Gasteiger partial charge in [0.25, 0.3) is 5.91 Å². The van der Waals surface area contributed by atoms with Crippen molar-refractivity contribution in [1.82, 2.24) is 10.2 Å². The zero-order chi connectivity index (χ0) is 15.4. The molecule has 0 aromatic heterocycles. The second-order valence-electron chi connectivity index (χ2n) is 5.15. The van der Waals surface area contributed by atoms with Crippen molar-refractivity contribution < 1.29 is 14.4 Å². The molecule has 0 bridgehead atoms. The van der Waals surface area contributed by atoms with Crippen LogP contribution >= 0.6 is 0 Å². The first-order valence-corrected chi connectivity index (χ1v) is 6.96. The van der Waals surface area contributed by atoms with Crippen LogP contribution in [0, 0.1) is 0 Å². The molecule has 2 rings (SSSR count). The van der Waals surface area contributed by atoms with E-state index in [9.17, 15) is 14.4 Å². The first kappa shape index (κ1) is 15.0. The summed E-state index contributed by atoms with van der Waals surface area (Å²) in [5.74, 6) is -1.09. The first-order valence-electron chi connectivity index (χ1n) is 6.96. The van der Waals surface area contributed by atoms with Crippen LogP contribution in [0.4, 0.5) is 0 Å². The Hall–Kier alpha value is -2.37. The van der Waals surface area contributed by atoms with Gasteiger partial charge in [-0.25, -0.2) is 0 Å². The highest BCUT2D eigenvalue weighted by Crippen LogP contribution is 2.18. The molecule has 1 aliphatic heterocycles. The number of benzene rings is 1. The van der Waals surface area contributed by atoms with Crippen molar-refractivity contribution in [2.24, 2.45) is 5.73 Å². The Balaban J connectivity index is 2.00. The van der Waals surface area contributed by atoms with Crippen molar-refractivity contribution in [3.8, 4) is 0 Å². The predicted octanol–water partition coefficient (Wildman–Crippen LogP) is 0.281. The lowest BCUT2D eigenvalue weighted by atomic mass is 10.1. The van der Waals surface area contributed by atoms with E-state index in [2.05, 4.69) is 5.32 Å². The van der Waals surface area contributed by atoms with Crippen LogP contribution in [0.2, 0.25) is 0 Å². The highest BCUT2D eigenvalue weighted by Gasteiger charge is 2.35. The van der Waals surface area contributed by atoms with E-state index < -0.39 is 18.0 Å². The maximum Gasteiger partial charge on any atom is 0.251 e. The van der Waals surface area contributed by atoms with E-state index in [1.807, 2.05) is 6.07 Å². The number of primary amides is 1. The second kappa shape index (κ2) is 6.39. The number of hydrogen-bond donors (Lipinski definition) is 2. The fourth-order valence-corrected chi connectivity index (χ4v) is 2.51. The monoisotopic (exact) mass is 289 g/mol. The molecule has 1 aromatic carbocycles. The van der Waals surface area contributed by atoms with Crippen molar-refractivity contribution >= 4 is 17.7 Å².